The molecular formula is C20H22N6O2. The van der Waals surface area contributed by atoms with Gasteiger partial charge in [-0.2, -0.15) is 14.8 Å². The molecule has 4 rings (SSSR count). The standard InChI is InChI=1S/C20H22N6O2/c1-13-18(19(27)26-20(22-13)23-14(2)24-26)25-9-7-17(8-10-25)28-12-16-6-4-3-5-15(16)11-21/h3-6,17H,7-10,12H2,1-2H3,(H,22,23,24). The quantitative estimate of drug-likeness (QED) is 0.746. The van der Waals surface area contributed by atoms with E-state index >= 15 is 0 Å². The average molecular weight is 378 g/mol. The number of anilines is 1. The van der Waals surface area contributed by atoms with E-state index in [4.69, 9.17) is 4.74 Å². The highest BCUT2D eigenvalue weighted by molar-refractivity contribution is 5.52. The van der Waals surface area contributed by atoms with Crippen LogP contribution in [-0.4, -0.2) is 38.8 Å². The third kappa shape index (κ3) is 3.37. The summed E-state index contributed by atoms with van der Waals surface area (Å²) >= 11 is 0. The van der Waals surface area contributed by atoms with E-state index < -0.39 is 0 Å². The SMILES string of the molecule is Cc1nc2nc(C)c(N3CCC(OCc4ccccc4C#N)CC3)c(=O)n2[nH]1. The molecule has 1 fully saturated rings. The van der Waals surface area contributed by atoms with Crippen molar-refractivity contribution in [1.29, 1.82) is 5.26 Å². The van der Waals surface area contributed by atoms with Crippen molar-refractivity contribution >= 4 is 11.5 Å². The Morgan fingerprint density at radius 1 is 1.25 bits per heavy atom. The number of hydrogen-bond acceptors (Lipinski definition) is 6. The van der Waals surface area contributed by atoms with Gasteiger partial charge in [-0.1, -0.05) is 18.2 Å². The third-order valence-electron chi connectivity index (χ3n) is 5.13. The first-order chi connectivity index (χ1) is 13.6. The predicted octanol–water partition coefficient (Wildman–Crippen LogP) is 2.09. The molecule has 0 atom stereocenters. The van der Waals surface area contributed by atoms with Crippen LogP contribution in [0.4, 0.5) is 5.69 Å². The zero-order valence-corrected chi connectivity index (χ0v) is 16.0. The van der Waals surface area contributed by atoms with Crippen LogP contribution in [-0.2, 0) is 11.3 Å². The first kappa shape index (κ1) is 18.2. The number of rotatable bonds is 4. The number of benzene rings is 1. The summed E-state index contributed by atoms with van der Waals surface area (Å²) < 4.78 is 7.44. The second kappa shape index (κ2) is 7.44. The molecule has 1 N–H and O–H groups in total. The van der Waals surface area contributed by atoms with Gasteiger partial charge >= 0.3 is 0 Å². The van der Waals surface area contributed by atoms with Crippen LogP contribution in [0.5, 0.6) is 0 Å². The molecule has 0 unspecified atom stereocenters. The van der Waals surface area contributed by atoms with Crippen LogP contribution >= 0.6 is 0 Å². The Hall–Kier alpha value is -3.18. The lowest BCUT2D eigenvalue weighted by Crippen LogP contribution is -2.41. The number of hydrogen-bond donors (Lipinski definition) is 1. The first-order valence-electron chi connectivity index (χ1n) is 9.37. The summed E-state index contributed by atoms with van der Waals surface area (Å²) in [6.45, 7) is 5.53. The zero-order chi connectivity index (χ0) is 19.7. The summed E-state index contributed by atoms with van der Waals surface area (Å²) in [5.41, 5.74) is 2.75. The molecule has 144 valence electrons. The second-order valence-corrected chi connectivity index (χ2v) is 7.06. The van der Waals surface area contributed by atoms with Gasteiger partial charge in [0.2, 0.25) is 0 Å². The maximum absolute atomic E-state index is 12.9. The van der Waals surface area contributed by atoms with Crippen LogP contribution in [0.25, 0.3) is 5.78 Å². The molecule has 1 saturated heterocycles. The minimum Gasteiger partial charge on any atom is -0.373 e. The smallest absolute Gasteiger partial charge is 0.297 e. The number of aryl methyl sites for hydroxylation is 2. The number of nitriles is 1. The minimum atomic E-state index is -0.120. The fourth-order valence-corrected chi connectivity index (χ4v) is 3.69. The van der Waals surface area contributed by atoms with Crippen LogP contribution in [0, 0.1) is 25.2 Å². The van der Waals surface area contributed by atoms with Crippen molar-refractivity contribution in [2.24, 2.45) is 0 Å². The second-order valence-electron chi connectivity index (χ2n) is 7.06. The lowest BCUT2D eigenvalue weighted by Gasteiger charge is -2.33. The fraction of sp³-hybridized carbons (Fsp3) is 0.400. The number of nitrogens with zero attached hydrogens (tertiary/aromatic N) is 5. The van der Waals surface area contributed by atoms with Gasteiger partial charge < -0.3 is 9.64 Å². The van der Waals surface area contributed by atoms with Gasteiger partial charge in [0, 0.05) is 13.1 Å². The molecule has 0 amide bonds. The molecule has 28 heavy (non-hydrogen) atoms. The maximum Gasteiger partial charge on any atom is 0.297 e. The average Bonchev–Trinajstić information content (AvgIpc) is 3.08. The Kier molecular flexibility index (Phi) is 4.84. The summed E-state index contributed by atoms with van der Waals surface area (Å²) in [6, 6.07) is 9.70. The van der Waals surface area contributed by atoms with E-state index in [0.29, 0.717) is 35.2 Å². The van der Waals surface area contributed by atoms with Crippen molar-refractivity contribution in [1.82, 2.24) is 19.6 Å². The molecule has 0 aliphatic carbocycles. The maximum atomic E-state index is 12.9. The van der Waals surface area contributed by atoms with Gasteiger partial charge in [-0.25, -0.2) is 4.98 Å². The van der Waals surface area contributed by atoms with Gasteiger partial charge in [-0.15, -0.1) is 0 Å². The molecule has 1 aliphatic heterocycles. The Morgan fingerprint density at radius 3 is 2.75 bits per heavy atom. The lowest BCUT2D eigenvalue weighted by molar-refractivity contribution is 0.0250. The van der Waals surface area contributed by atoms with Crippen LogP contribution in [0.2, 0.25) is 0 Å². The number of aromatic nitrogens is 4. The summed E-state index contributed by atoms with van der Waals surface area (Å²) in [7, 11) is 0. The highest BCUT2D eigenvalue weighted by Crippen LogP contribution is 2.22. The van der Waals surface area contributed by atoms with E-state index in [9.17, 15) is 10.1 Å². The number of ether oxygens (including phenoxy) is 1. The molecule has 8 heteroatoms. The molecule has 3 heterocycles. The van der Waals surface area contributed by atoms with Gasteiger partial charge in [0.1, 0.15) is 11.5 Å². The van der Waals surface area contributed by atoms with Gasteiger partial charge in [0.05, 0.1) is 30.0 Å². The predicted molar refractivity (Wildman–Crippen MR) is 104 cm³/mol. The van der Waals surface area contributed by atoms with E-state index in [-0.39, 0.29) is 11.7 Å². The largest absolute Gasteiger partial charge is 0.373 e. The third-order valence-corrected chi connectivity index (χ3v) is 5.13. The summed E-state index contributed by atoms with van der Waals surface area (Å²) in [4.78, 5) is 23.7. The highest BCUT2D eigenvalue weighted by Gasteiger charge is 2.25. The van der Waals surface area contributed by atoms with Crippen LogP contribution in [0.3, 0.4) is 0 Å². The Labute approximate surface area is 162 Å². The molecule has 3 aromatic rings. The Bertz CT molecular complexity index is 1100. The van der Waals surface area contributed by atoms with Crippen molar-refractivity contribution in [3.8, 4) is 6.07 Å². The number of fused-ring (bicyclic) bond motifs is 1. The summed E-state index contributed by atoms with van der Waals surface area (Å²) in [6.07, 6.45) is 1.74. The molecule has 8 nitrogen and oxygen atoms in total. The van der Waals surface area contributed by atoms with E-state index in [1.165, 1.54) is 4.52 Å². The molecule has 2 aromatic heterocycles. The van der Waals surface area contributed by atoms with Gasteiger partial charge in [0.25, 0.3) is 11.3 Å². The Balaban J connectivity index is 1.44. The van der Waals surface area contributed by atoms with Crippen molar-refractivity contribution < 1.29 is 4.74 Å². The molecule has 1 aliphatic rings. The number of H-pyrrole nitrogens is 1. The van der Waals surface area contributed by atoms with Gasteiger partial charge in [-0.3, -0.25) is 9.89 Å². The molecular weight excluding hydrogens is 356 g/mol. The summed E-state index contributed by atoms with van der Waals surface area (Å²) in [5.74, 6) is 1.06. The lowest BCUT2D eigenvalue weighted by atomic mass is 10.1. The van der Waals surface area contributed by atoms with Crippen molar-refractivity contribution in [3.05, 3.63) is 57.3 Å². The van der Waals surface area contributed by atoms with Crippen LogP contribution in [0.1, 0.15) is 35.5 Å². The normalized spacial score (nSPS) is 15.1. The monoisotopic (exact) mass is 378 g/mol. The Morgan fingerprint density at radius 2 is 2.00 bits per heavy atom. The molecule has 0 saturated carbocycles. The highest BCUT2D eigenvalue weighted by atomic mass is 16.5. The molecule has 0 bridgehead atoms. The van der Waals surface area contributed by atoms with E-state index in [2.05, 4.69) is 26.0 Å². The van der Waals surface area contributed by atoms with Crippen molar-refractivity contribution in [3.63, 3.8) is 0 Å². The summed E-state index contributed by atoms with van der Waals surface area (Å²) in [5, 5.41) is 12.1. The van der Waals surface area contributed by atoms with Crippen molar-refractivity contribution in [2.75, 3.05) is 18.0 Å². The topological polar surface area (TPSA) is 99.3 Å². The number of nitrogens with one attached hydrogen (secondary N) is 1. The molecule has 1 aromatic carbocycles. The molecule has 0 spiro atoms. The van der Waals surface area contributed by atoms with Gasteiger partial charge in [-0.05, 0) is 38.3 Å². The van der Waals surface area contributed by atoms with E-state index in [1.807, 2.05) is 25.1 Å². The van der Waals surface area contributed by atoms with Crippen molar-refractivity contribution in [2.45, 2.75) is 39.4 Å². The fourth-order valence-electron chi connectivity index (χ4n) is 3.69. The zero-order valence-electron chi connectivity index (χ0n) is 16.0. The van der Waals surface area contributed by atoms with Crippen LogP contribution < -0.4 is 10.5 Å². The van der Waals surface area contributed by atoms with E-state index in [1.54, 1.807) is 13.0 Å². The van der Waals surface area contributed by atoms with E-state index in [0.717, 1.165) is 31.5 Å². The van der Waals surface area contributed by atoms with Gasteiger partial charge in [0.15, 0.2) is 0 Å². The number of piperidine rings is 1. The molecule has 0 radical (unpaired) electrons. The minimum absolute atomic E-state index is 0.108. The number of aromatic amines is 1. The van der Waals surface area contributed by atoms with Crippen LogP contribution in [0.15, 0.2) is 29.1 Å². The first-order valence-corrected chi connectivity index (χ1v) is 9.37.